The summed E-state index contributed by atoms with van der Waals surface area (Å²) in [5.41, 5.74) is 4.68. The molecule has 1 saturated heterocycles. The fourth-order valence-corrected chi connectivity index (χ4v) is 4.80. The fraction of sp³-hybridized carbons (Fsp3) is 0.400. The van der Waals surface area contributed by atoms with Crippen LogP contribution in [0.3, 0.4) is 0 Å². The number of ether oxygens (including phenoxy) is 1. The summed E-state index contributed by atoms with van der Waals surface area (Å²) >= 11 is 0. The molecule has 1 heterocycles. The summed E-state index contributed by atoms with van der Waals surface area (Å²) < 4.78 is 5.50. The molecular weight excluding hydrogens is 408 g/mol. The minimum atomic E-state index is -0.883. The van der Waals surface area contributed by atoms with Gasteiger partial charge < -0.3 is 20.1 Å². The highest BCUT2D eigenvalue weighted by Gasteiger charge is 2.30. The van der Waals surface area contributed by atoms with Crippen LogP contribution in [0.1, 0.15) is 49.1 Å². The zero-order valence-corrected chi connectivity index (χ0v) is 18.0. The van der Waals surface area contributed by atoms with Gasteiger partial charge in [0.1, 0.15) is 6.61 Å². The van der Waals surface area contributed by atoms with E-state index < -0.39 is 12.1 Å². The highest BCUT2D eigenvalue weighted by Crippen LogP contribution is 2.44. The number of amides is 2. The van der Waals surface area contributed by atoms with Crippen molar-refractivity contribution in [2.24, 2.45) is 0 Å². The molecular formula is C25H28N2O5. The van der Waals surface area contributed by atoms with Gasteiger partial charge in [0.15, 0.2) is 0 Å². The van der Waals surface area contributed by atoms with Crippen molar-refractivity contribution in [1.82, 2.24) is 10.2 Å². The monoisotopic (exact) mass is 436 g/mol. The van der Waals surface area contributed by atoms with Crippen LogP contribution >= 0.6 is 0 Å². The second-order valence-electron chi connectivity index (χ2n) is 8.34. The van der Waals surface area contributed by atoms with E-state index in [1.165, 1.54) is 11.1 Å². The molecule has 7 nitrogen and oxygen atoms in total. The highest BCUT2D eigenvalue weighted by molar-refractivity contribution is 5.79. The van der Waals surface area contributed by atoms with E-state index in [-0.39, 0.29) is 37.3 Å². The highest BCUT2D eigenvalue weighted by atomic mass is 16.5. The Morgan fingerprint density at radius 2 is 1.69 bits per heavy atom. The van der Waals surface area contributed by atoms with Gasteiger partial charge in [-0.2, -0.15) is 0 Å². The maximum atomic E-state index is 12.4. The molecule has 0 radical (unpaired) electrons. The average molecular weight is 437 g/mol. The van der Waals surface area contributed by atoms with Gasteiger partial charge >= 0.3 is 12.1 Å². The van der Waals surface area contributed by atoms with Crippen molar-refractivity contribution in [3.8, 4) is 11.1 Å². The number of rotatable bonds is 8. The molecule has 0 aromatic heterocycles. The Bertz CT molecular complexity index is 960. The quantitative estimate of drug-likeness (QED) is 0.614. The van der Waals surface area contributed by atoms with E-state index in [9.17, 15) is 14.4 Å². The van der Waals surface area contributed by atoms with Crippen LogP contribution in [0.5, 0.6) is 0 Å². The standard InChI is InChI=1S/C25H28N2O5/c28-23(27-14-6-7-17(27)15-24(29)30)12-5-13-26-25(31)32-16-22-20-10-3-1-8-18(20)19-9-2-4-11-21(19)22/h1-4,8-11,17,22H,5-7,12-16H2,(H,26,31)(H,29,30)/t17-/m1/s1. The van der Waals surface area contributed by atoms with Gasteiger partial charge in [0.25, 0.3) is 0 Å². The van der Waals surface area contributed by atoms with Gasteiger partial charge in [-0.1, -0.05) is 48.5 Å². The third-order valence-electron chi connectivity index (χ3n) is 6.29. The summed E-state index contributed by atoms with van der Waals surface area (Å²) in [5, 5.41) is 11.7. The van der Waals surface area contributed by atoms with Crippen LogP contribution in [0.2, 0.25) is 0 Å². The number of alkyl carbamates (subject to hydrolysis) is 1. The van der Waals surface area contributed by atoms with E-state index in [1.807, 2.05) is 24.3 Å². The Morgan fingerprint density at radius 1 is 1.03 bits per heavy atom. The largest absolute Gasteiger partial charge is 0.481 e. The van der Waals surface area contributed by atoms with Crippen molar-refractivity contribution in [1.29, 1.82) is 0 Å². The second-order valence-corrected chi connectivity index (χ2v) is 8.34. The lowest BCUT2D eigenvalue weighted by atomic mass is 9.98. The van der Waals surface area contributed by atoms with Gasteiger partial charge in [0.05, 0.1) is 6.42 Å². The molecule has 1 aliphatic carbocycles. The summed E-state index contributed by atoms with van der Waals surface area (Å²) in [6.07, 6.45) is 1.82. The van der Waals surface area contributed by atoms with Crippen molar-refractivity contribution in [3.63, 3.8) is 0 Å². The number of carbonyl (C=O) groups is 3. The number of benzene rings is 2. The number of hydrogen-bond donors (Lipinski definition) is 2. The molecule has 2 amide bonds. The number of hydrogen-bond acceptors (Lipinski definition) is 4. The first-order chi connectivity index (χ1) is 15.5. The van der Waals surface area contributed by atoms with Gasteiger partial charge in [-0.15, -0.1) is 0 Å². The van der Waals surface area contributed by atoms with E-state index in [0.717, 1.165) is 24.0 Å². The van der Waals surface area contributed by atoms with Crippen LogP contribution in [-0.2, 0) is 14.3 Å². The average Bonchev–Trinajstić information content (AvgIpc) is 3.37. The van der Waals surface area contributed by atoms with Crippen molar-refractivity contribution < 1.29 is 24.2 Å². The summed E-state index contributed by atoms with van der Waals surface area (Å²) in [5.74, 6) is -0.925. The third-order valence-corrected chi connectivity index (χ3v) is 6.29. The lowest BCUT2D eigenvalue weighted by Crippen LogP contribution is -2.37. The SMILES string of the molecule is O=C(O)C[C@H]1CCCN1C(=O)CCCNC(=O)OCC1c2ccccc2-c2ccccc21. The Hall–Kier alpha value is -3.35. The molecule has 32 heavy (non-hydrogen) atoms. The Balaban J connectivity index is 1.22. The minimum absolute atomic E-state index is 0.0102. The first-order valence-electron chi connectivity index (χ1n) is 11.1. The molecule has 1 fully saturated rings. The normalized spacial score (nSPS) is 17.0. The van der Waals surface area contributed by atoms with Gasteiger partial charge in [0, 0.05) is 31.5 Å². The Morgan fingerprint density at radius 3 is 2.34 bits per heavy atom. The summed E-state index contributed by atoms with van der Waals surface area (Å²) in [7, 11) is 0. The molecule has 1 atom stereocenters. The van der Waals surface area contributed by atoms with Crippen LogP contribution in [-0.4, -0.2) is 53.7 Å². The Kier molecular flexibility index (Phi) is 6.73. The van der Waals surface area contributed by atoms with Gasteiger partial charge in [-0.3, -0.25) is 9.59 Å². The van der Waals surface area contributed by atoms with E-state index in [4.69, 9.17) is 9.84 Å². The summed E-state index contributed by atoms with van der Waals surface area (Å²) in [4.78, 5) is 37.2. The topological polar surface area (TPSA) is 95.9 Å². The molecule has 2 N–H and O–H groups in total. The molecule has 2 aliphatic rings. The Labute approximate surface area is 187 Å². The molecule has 168 valence electrons. The lowest BCUT2D eigenvalue weighted by molar-refractivity contribution is -0.139. The molecule has 2 aromatic carbocycles. The van der Waals surface area contributed by atoms with E-state index in [0.29, 0.717) is 19.5 Å². The van der Waals surface area contributed by atoms with Gasteiger partial charge in [0.2, 0.25) is 5.91 Å². The molecule has 2 aromatic rings. The molecule has 0 unspecified atom stereocenters. The maximum Gasteiger partial charge on any atom is 0.407 e. The molecule has 1 aliphatic heterocycles. The number of aliphatic carboxylic acids is 1. The minimum Gasteiger partial charge on any atom is -0.481 e. The number of carboxylic acid groups (broad SMARTS) is 1. The van der Waals surface area contributed by atoms with Gasteiger partial charge in [-0.25, -0.2) is 4.79 Å². The molecule has 0 saturated carbocycles. The van der Waals surface area contributed by atoms with E-state index >= 15 is 0 Å². The lowest BCUT2D eigenvalue weighted by Gasteiger charge is -2.23. The zero-order chi connectivity index (χ0) is 22.5. The smallest absolute Gasteiger partial charge is 0.407 e. The van der Waals surface area contributed by atoms with Crippen LogP contribution in [0.15, 0.2) is 48.5 Å². The predicted octanol–water partition coefficient (Wildman–Crippen LogP) is 3.77. The molecule has 7 heteroatoms. The zero-order valence-electron chi connectivity index (χ0n) is 18.0. The number of nitrogens with one attached hydrogen (secondary N) is 1. The van der Waals surface area contributed by atoms with Crippen molar-refractivity contribution in [2.75, 3.05) is 19.7 Å². The second kappa shape index (κ2) is 9.85. The van der Waals surface area contributed by atoms with E-state index in [2.05, 4.69) is 29.6 Å². The van der Waals surface area contributed by atoms with Crippen LogP contribution in [0.4, 0.5) is 4.79 Å². The number of carboxylic acids is 1. The number of likely N-dealkylation sites (tertiary alicyclic amines) is 1. The van der Waals surface area contributed by atoms with Gasteiger partial charge in [-0.05, 0) is 41.5 Å². The van der Waals surface area contributed by atoms with Crippen LogP contribution in [0.25, 0.3) is 11.1 Å². The van der Waals surface area contributed by atoms with Crippen molar-refractivity contribution in [3.05, 3.63) is 59.7 Å². The first-order valence-corrected chi connectivity index (χ1v) is 11.1. The van der Waals surface area contributed by atoms with Crippen LogP contribution < -0.4 is 5.32 Å². The number of nitrogens with zero attached hydrogens (tertiary/aromatic N) is 1. The first kappa shape index (κ1) is 21.9. The molecule has 0 bridgehead atoms. The molecule has 4 rings (SSSR count). The third kappa shape index (κ3) is 4.77. The maximum absolute atomic E-state index is 12.4. The summed E-state index contributed by atoms with van der Waals surface area (Å²) in [6, 6.07) is 16.1. The number of fused-ring (bicyclic) bond motifs is 3. The fourth-order valence-electron chi connectivity index (χ4n) is 4.80. The van der Waals surface area contributed by atoms with E-state index in [1.54, 1.807) is 4.90 Å². The van der Waals surface area contributed by atoms with Crippen LogP contribution in [0, 0.1) is 0 Å². The number of carbonyl (C=O) groups excluding carboxylic acids is 2. The summed E-state index contributed by atoms with van der Waals surface area (Å²) in [6.45, 7) is 1.19. The molecule has 0 spiro atoms. The van der Waals surface area contributed by atoms with Crippen molar-refractivity contribution >= 4 is 18.0 Å². The predicted molar refractivity (Wildman–Crippen MR) is 119 cm³/mol. The van der Waals surface area contributed by atoms with Crippen molar-refractivity contribution in [2.45, 2.75) is 44.1 Å².